The van der Waals surface area contributed by atoms with E-state index in [4.69, 9.17) is 0 Å². The maximum absolute atomic E-state index is 13.6. The van der Waals surface area contributed by atoms with E-state index in [1.165, 1.54) is 6.07 Å². The monoisotopic (exact) mass is 400 g/mol. The van der Waals surface area contributed by atoms with Gasteiger partial charge in [0, 0.05) is 31.0 Å². The Morgan fingerprint density at radius 3 is 2.61 bits per heavy atom. The van der Waals surface area contributed by atoms with Gasteiger partial charge in [0.1, 0.15) is 11.9 Å². The second kappa shape index (κ2) is 10.3. The number of nitrogens with one attached hydrogen (secondary N) is 1. The van der Waals surface area contributed by atoms with Gasteiger partial charge in [0.2, 0.25) is 11.8 Å². The van der Waals surface area contributed by atoms with E-state index in [-0.39, 0.29) is 17.6 Å². The molecule has 6 heteroatoms. The molecule has 1 heterocycles. The summed E-state index contributed by atoms with van der Waals surface area (Å²) < 4.78 is 13.6. The quantitative estimate of drug-likeness (QED) is 0.683. The Morgan fingerprint density at radius 2 is 1.86 bits per heavy atom. The number of hydrogen-bond donors (Lipinski definition) is 1. The molecular formula is C22H25FN2O2S. The molecule has 1 unspecified atom stereocenters. The van der Waals surface area contributed by atoms with E-state index in [0.29, 0.717) is 36.6 Å². The van der Waals surface area contributed by atoms with Gasteiger partial charge in [-0.1, -0.05) is 48.5 Å². The van der Waals surface area contributed by atoms with Crippen LogP contribution in [0.25, 0.3) is 0 Å². The number of rotatable bonds is 8. The topological polar surface area (TPSA) is 49.4 Å². The zero-order chi connectivity index (χ0) is 19.8. The number of benzene rings is 2. The van der Waals surface area contributed by atoms with Crippen LogP contribution in [0.1, 0.15) is 36.4 Å². The molecule has 0 radical (unpaired) electrons. The molecule has 1 saturated heterocycles. The second-order valence-corrected chi connectivity index (χ2v) is 7.90. The SMILES string of the molecule is O=C(NCCSCc1ccccc1F)C(c1ccccc1)N1CCCCC1=O. The molecule has 0 aromatic heterocycles. The predicted octanol–water partition coefficient (Wildman–Crippen LogP) is 3.93. The van der Waals surface area contributed by atoms with Crippen LogP contribution < -0.4 is 5.32 Å². The summed E-state index contributed by atoms with van der Waals surface area (Å²) in [7, 11) is 0. The number of hydrogen-bond acceptors (Lipinski definition) is 3. The lowest BCUT2D eigenvalue weighted by Crippen LogP contribution is -2.46. The minimum atomic E-state index is -0.592. The van der Waals surface area contributed by atoms with Crippen molar-refractivity contribution in [2.75, 3.05) is 18.8 Å². The minimum absolute atomic E-state index is 0.0316. The first-order valence-electron chi connectivity index (χ1n) is 9.60. The summed E-state index contributed by atoms with van der Waals surface area (Å²) in [5.74, 6) is 0.911. The largest absolute Gasteiger partial charge is 0.353 e. The summed E-state index contributed by atoms with van der Waals surface area (Å²) in [4.78, 5) is 27.0. The van der Waals surface area contributed by atoms with Crippen LogP contribution in [0.4, 0.5) is 4.39 Å². The van der Waals surface area contributed by atoms with Gasteiger partial charge in [0.05, 0.1) is 0 Å². The van der Waals surface area contributed by atoms with Gasteiger partial charge in [0.25, 0.3) is 0 Å². The number of carbonyl (C=O) groups is 2. The molecule has 1 N–H and O–H groups in total. The molecule has 0 aliphatic carbocycles. The minimum Gasteiger partial charge on any atom is -0.353 e. The highest BCUT2D eigenvalue weighted by atomic mass is 32.2. The molecule has 1 atom stereocenters. The molecule has 3 rings (SSSR count). The first kappa shape index (κ1) is 20.4. The maximum atomic E-state index is 13.6. The van der Waals surface area contributed by atoms with Crippen molar-refractivity contribution in [3.05, 3.63) is 71.5 Å². The molecule has 148 valence electrons. The lowest BCUT2D eigenvalue weighted by molar-refractivity contribution is -0.142. The summed E-state index contributed by atoms with van der Waals surface area (Å²) in [6, 6.07) is 15.6. The Hall–Kier alpha value is -2.34. The van der Waals surface area contributed by atoms with Gasteiger partial charge in [-0.05, 0) is 30.0 Å². The molecular weight excluding hydrogens is 375 g/mol. The molecule has 1 aliphatic rings. The number of carbonyl (C=O) groups excluding carboxylic acids is 2. The standard InChI is InChI=1S/C22H25FN2O2S/c23-19-11-5-4-10-18(19)16-28-15-13-24-22(27)21(17-8-2-1-3-9-17)25-14-7-6-12-20(25)26/h1-5,8-11,21H,6-7,12-16H2,(H,24,27). The molecule has 2 aromatic rings. The zero-order valence-corrected chi connectivity index (χ0v) is 16.6. The number of nitrogens with zero attached hydrogens (tertiary/aromatic N) is 1. The molecule has 2 aromatic carbocycles. The smallest absolute Gasteiger partial charge is 0.247 e. The normalized spacial score (nSPS) is 15.3. The lowest BCUT2D eigenvalue weighted by atomic mass is 10.0. The Labute approximate surface area is 169 Å². The van der Waals surface area contributed by atoms with Crippen LogP contribution in [0.2, 0.25) is 0 Å². The van der Waals surface area contributed by atoms with Gasteiger partial charge >= 0.3 is 0 Å². The Morgan fingerprint density at radius 1 is 1.11 bits per heavy atom. The second-order valence-electron chi connectivity index (χ2n) is 6.79. The average molecular weight is 401 g/mol. The zero-order valence-electron chi connectivity index (χ0n) is 15.8. The van der Waals surface area contributed by atoms with E-state index >= 15 is 0 Å². The maximum Gasteiger partial charge on any atom is 0.247 e. The number of halogens is 1. The van der Waals surface area contributed by atoms with Crippen LogP contribution in [-0.4, -0.2) is 35.6 Å². The predicted molar refractivity (Wildman–Crippen MR) is 110 cm³/mol. The molecule has 4 nitrogen and oxygen atoms in total. The Balaban J connectivity index is 1.56. The van der Waals surface area contributed by atoms with Crippen LogP contribution in [0.5, 0.6) is 0 Å². The van der Waals surface area contributed by atoms with Crippen LogP contribution in [-0.2, 0) is 15.3 Å². The van der Waals surface area contributed by atoms with Gasteiger partial charge < -0.3 is 10.2 Å². The van der Waals surface area contributed by atoms with Crippen molar-refractivity contribution in [1.82, 2.24) is 10.2 Å². The number of likely N-dealkylation sites (tertiary alicyclic amines) is 1. The first-order valence-corrected chi connectivity index (χ1v) is 10.8. The van der Waals surface area contributed by atoms with Crippen LogP contribution >= 0.6 is 11.8 Å². The third-order valence-corrected chi connectivity index (χ3v) is 5.80. The van der Waals surface area contributed by atoms with E-state index < -0.39 is 6.04 Å². The Kier molecular flexibility index (Phi) is 7.48. The highest BCUT2D eigenvalue weighted by molar-refractivity contribution is 7.98. The van der Waals surface area contributed by atoms with E-state index in [1.807, 2.05) is 36.4 Å². The van der Waals surface area contributed by atoms with E-state index in [0.717, 1.165) is 18.4 Å². The van der Waals surface area contributed by atoms with E-state index in [2.05, 4.69) is 5.32 Å². The molecule has 28 heavy (non-hydrogen) atoms. The van der Waals surface area contributed by atoms with Crippen LogP contribution in [0, 0.1) is 5.82 Å². The fourth-order valence-electron chi connectivity index (χ4n) is 3.35. The average Bonchev–Trinajstić information content (AvgIpc) is 2.71. The number of thioether (sulfide) groups is 1. The highest BCUT2D eigenvalue weighted by Crippen LogP contribution is 2.25. The number of amides is 2. The van der Waals surface area contributed by atoms with Gasteiger partial charge in [0.15, 0.2) is 0 Å². The van der Waals surface area contributed by atoms with Crippen molar-refractivity contribution in [3.8, 4) is 0 Å². The summed E-state index contributed by atoms with van der Waals surface area (Å²) in [5.41, 5.74) is 1.49. The summed E-state index contributed by atoms with van der Waals surface area (Å²) in [6.45, 7) is 1.08. The van der Waals surface area contributed by atoms with Crippen molar-refractivity contribution in [2.45, 2.75) is 31.1 Å². The van der Waals surface area contributed by atoms with Crippen molar-refractivity contribution < 1.29 is 14.0 Å². The fraction of sp³-hybridized carbons (Fsp3) is 0.364. The van der Waals surface area contributed by atoms with Gasteiger partial charge in [-0.2, -0.15) is 11.8 Å². The van der Waals surface area contributed by atoms with Crippen molar-refractivity contribution >= 4 is 23.6 Å². The van der Waals surface area contributed by atoms with Gasteiger partial charge in [-0.15, -0.1) is 0 Å². The molecule has 2 amide bonds. The van der Waals surface area contributed by atoms with Crippen molar-refractivity contribution in [3.63, 3.8) is 0 Å². The van der Waals surface area contributed by atoms with Crippen molar-refractivity contribution in [1.29, 1.82) is 0 Å². The fourth-order valence-corrected chi connectivity index (χ4v) is 4.19. The summed E-state index contributed by atoms with van der Waals surface area (Å²) in [6.07, 6.45) is 2.29. The summed E-state index contributed by atoms with van der Waals surface area (Å²) >= 11 is 1.57. The van der Waals surface area contributed by atoms with Crippen LogP contribution in [0.3, 0.4) is 0 Å². The molecule has 0 bridgehead atoms. The highest BCUT2D eigenvalue weighted by Gasteiger charge is 2.32. The molecule has 0 saturated carbocycles. The first-order chi connectivity index (χ1) is 13.7. The van der Waals surface area contributed by atoms with Crippen molar-refractivity contribution in [2.24, 2.45) is 0 Å². The third-order valence-electron chi connectivity index (χ3n) is 4.80. The molecule has 0 spiro atoms. The van der Waals surface area contributed by atoms with E-state index in [9.17, 15) is 14.0 Å². The van der Waals surface area contributed by atoms with Crippen LogP contribution in [0.15, 0.2) is 54.6 Å². The molecule has 1 fully saturated rings. The Bertz CT molecular complexity index is 800. The van der Waals surface area contributed by atoms with Gasteiger partial charge in [-0.3, -0.25) is 9.59 Å². The molecule has 1 aliphatic heterocycles. The lowest BCUT2D eigenvalue weighted by Gasteiger charge is -2.34. The number of piperidine rings is 1. The van der Waals surface area contributed by atoms with E-state index in [1.54, 1.807) is 28.8 Å². The summed E-state index contributed by atoms with van der Waals surface area (Å²) in [5, 5.41) is 2.95. The van der Waals surface area contributed by atoms with Gasteiger partial charge in [-0.25, -0.2) is 4.39 Å². The third kappa shape index (κ3) is 5.35.